The van der Waals surface area contributed by atoms with Crippen LogP contribution in [0.2, 0.25) is 10.0 Å². The number of rotatable bonds is 10. The number of halogens is 4. The van der Waals surface area contributed by atoms with Gasteiger partial charge in [-0.15, -0.1) is 22.7 Å². The third-order valence-electron chi connectivity index (χ3n) is 9.97. The van der Waals surface area contributed by atoms with E-state index >= 15 is 0 Å². The van der Waals surface area contributed by atoms with Crippen LogP contribution in [0, 0.1) is 25.5 Å². The molecule has 2 saturated heterocycles. The Hall–Kier alpha value is -4.00. The summed E-state index contributed by atoms with van der Waals surface area (Å²) in [6.45, 7) is 7.89. The minimum Gasteiger partial charge on any atom is -0.345 e. The van der Waals surface area contributed by atoms with Crippen LogP contribution >= 0.6 is 45.9 Å². The van der Waals surface area contributed by atoms with Crippen LogP contribution in [0.5, 0.6) is 0 Å². The summed E-state index contributed by atoms with van der Waals surface area (Å²) in [5, 5.41) is 7.03. The Bertz CT molecular complexity index is 2430. The van der Waals surface area contributed by atoms with Crippen molar-refractivity contribution < 1.29 is 25.6 Å². The number of piperazine rings is 2. The fourth-order valence-corrected chi connectivity index (χ4v) is 12.3. The number of hydrogen-bond acceptors (Lipinski definition) is 10. The number of hydrogen-bond donors (Lipinski definition) is 0. The lowest BCUT2D eigenvalue weighted by molar-refractivity contribution is 0.384. The largest absolute Gasteiger partial charge is 0.345 e. The van der Waals surface area contributed by atoms with Crippen LogP contribution in [-0.4, -0.2) is 87.8 Å². The van der Waals surface area contributed by atoms with Crippen LogP contribution in [0.4, 0.5) is 19.0 Å². The monoisotopic (exact) mass is 930 g/mol. The molecule has 60 heavy (non-hydrogen) atoms. The summed E-state index contributed by atoms with van der Waals surface area (Å²) < 4.78 is 80.2. The van der Waals surface area contributed by atoms with Gasteiger partial charge in [0.15, 0.2) is 10.3 Å². The molecule has 0 bridgehead atoms. The molecule has 2 aliphatic rings. The smallest absolute Gasteiger partial charge is 0.243 e. The topological polar surface area (TPSA) is 107 Å². The summed E-state index contributed by atoms with van der Waals surface area (Å²) in [5.74, 6) is -0.905. The fourth-order valence-electron chi connectivity index (χ4n) is 7.10. The molecule has 0 N–H and O–H groups in total. The minimum absolute atomic E-state index is 0.106. The highest BCUT2D eigenvalue weighted by atomic mass is 35.5. The van der Waals surface area contributed by atoms with Gasteiger partial charge < -0.3 is 9.80 Å². The Morgan fingerprint density at radius 2 is 0.917 bits per heavy atom. The van der Waals surface area contributed by atoms with Gasteiger partial charge in [-0.05, 0) is 91.7 Å². The molecule has 0 spiro atoms. The summed E-state index contributed by atoms with van der Waals surface area (Å²) in [5.41, 5.74) is 6.67. The third-order valence-corrected chi connectivity index (χ3v) is 16.1. The predicted octanol–water partition coefficient (Wildman–Crippen LogP) is 8.69. The molecular formula is C42H42Cl2F2N6O4S4. The normalized spacial score (nSPS) is 15.5. The Morgan fingerprint density at radius 3 is 1.30 bits per heavy atom. The molecule has 0 unspecified atom stereocenters. The van der Waals surface area contributed by atoms with Crippen molar-refractivity contribution in [3.63, 3.8) is 0 Å². The molecule has 2 fully saturated rings. The van der Waals surface area contributed by atoms with E-state index in [2.05, 4.69) is 47.2 Å². The van der Waals surface area contributed by atoms with Crippen molar-refractivity contribution in [2.75, 3.05) is 62.2 Å². The SMILES string of the molecule is Cc1cc(C)cc(Cc2csc(N3CCN(S(=O)(=O)c4ccc(F)cc4)CC3)n2)c1.O=S(=O)(c1ccc(F)cc1)N1CCN(c2nc(Cc3cc(Cl)cc(Cl)c3)cs2)CC1. The van der Waals surface area contributed by atoms with E-state index < -0.39 is 31.7 Å². The summed E-state index contributed by atoms with van der Waals surface area (Å²) in [6, 6.07) is 21.9. The van der Waals surface area contributed by atoms with Crippen LogP contribution in [0.1, 0.15) is 33.6 Å². The second-order valence-corrected chi connectivity index (χ2v) is 21.0. The van der Waals surface area contributed by atoms with Crippen LogP contribution in [-0.2, 0) is 32.9 Å². The summed E-state index contributed by atoms with van der Waals surface area (Å²) >= 11 is 15.3. The zero-order valence-corrected chi connectivity index (χ0v) is 37.5. The lowest BCUT2D eigenvalue weighted by Crippen LogP contribution is -2.48. The van der Waals surface area contributed by atoms with E-state index in [-0.39, 0.29) is 9.79 Å². The maximum absolute atomic E-state index is 13.1. The number of benzene rings is 4. The molecule has 10 nitrogen and oxygen atoms in total. The van der Waals surface area contributed by atoms with Crippen LogP contribution in [0.25, 0.3) is 0 Å². The maximum atomic E-state index is 13.1. The quantitative estimate of drug-likeness (QED) is 0.134. The molecule has 4 aromatic carbocycles. The van der Waals surface area contributed by atoms with Crippen molar-refractivity contribution in [1.29, 1.82) is 0 Å². The summed E-state index contributed by atoms with van der Waals surface area (Å²) in [7, 11) is -7.24. The molecule has 0 aliphatic carbocycles. The maximum Gasteiger partial charge on any atom is 0.243 e. The first-order valence-corrected chi connectivity index (χ1v) is 24.4. The Kier molecular flexibility index (Phi) is 13.9. The number of aromatic nitrogens is 2. The summed E-state index contributed by atoms with van der Waals surface area (Å²) in [6.07, 6.45) is 1.41. The molecule has 18 heteroatoms. The molecule has 0 saturated carbocycles. The van der Waals surface area contributed by atoms with E-state index in [9.17, 15) is 25.6 Å². The molecule has 0 radical (unpaired) electrons. The molecule has 0 atom stereocenters. The number of aryl methyl sites for hydroxylation is 2. The van der Waals surface area contributed by atoms with Gasteiger partial charge in [0.2, 0.25) is 20.0 Å². The van der Waals surface area contributed by atoms with Gasteiger partial charge in [-0.2, -0.15) is 8.61 Å². The minimum atomic E-state index is -3.63. The van der Waals surface area contributed by atoms with Gasteiger partial charge in [0.05, 0.1) is 21.2 Å². The Balaban J connectivity index is 0.000000181. The molecule has 0 amide bonds. The van der Waals surface area contributed by atoms with Crippen molar-refractivity contribution in [3.8, 4) is 0 Å². The number of thiazole rings is 2. The van der Waals surface area contributed by atoms with Gasteiger partial charge in [-0.1, -0.05) is 52.5 Å². The highest BCUT2D eigenvalue weighted by Gasteiger charge is 2.31. The van der Waals surface area contributed by atoms with Crippen LogP contribution < -0.4 is 9.80 Å². The van der Waals surface area contributed by atoms with Crippen LogP contribution in [0.3, 0.4) is 0 Å². The van der Waals surface area contributed by atoms with E-state index in [4.69, 9.17) is 33.2 Å². The highest BCUT2D eigenvalue weighted by Crippen LogP contribution is 2.28. The van der Waals surface area contributed by atoms with E-state index in [0.717, 1.165) is 45.8 Å². The van der Waals surface area contributed by atoms with E-state index in [1.807, 2.05) is 17.5 Å². The molecular weight excluding hydrogens is 890 g/mol. The highest BCUT2D eigenvalue weighted by molar-refractivity contribution is 7.89. The van der Waals surface area contributed by atoms with Crippen LogP contribution in [0.15, 0.2) is 105 Å². The van der Waals surface area contributed by atoms with E-state index in [1.54, 1.807) is 17.4 Å². The number of nitrogens with zero attached hydrogens (tertiary/aromatic N) is 6. The second-order valence-electron chi connectivity index (χ2n) is 14.6. The molecule has 2 aliphatic heterocycles. The molecule has 6 aromatic rings. The van der Waals surface area contributed by atoms with Gasteiger partial charge in [0.25, 0.3) is 0 Å². The summed E-state index contributed by atoms with van der Waals surface area (Å²) in [4.78, 5) is 13.9. The zero-order valence-electron chi connectivity index (χ0n) is 32.8. The van der Waals surface area contributed by atoms with Crippen molar-refractivity contribution in [1.82, 2.24) is 18.6 Å². The van der Waals surface area contributed by atoms with E-state index in [1.165, 1.54) is 73.0 Å². The van der Waals surface area contributed by atoms with Crippen molar-refractivity contribution >= 4 is 76.2 Å². The Labute approximate surface area is 367 Å². The van der Waals surface area contributed by atoms with Gasteiger partial charge >= 0.3 is 0 Å². The first-order valence-electron chi connectivity index (χ1n) is 19.0. The molecule has 316 valence electrons. The van der Waals surface area contributed by atoms with Gasteiger partial charge in [-0.3, -0.25) is 0 Å². The second kappa shape index (κ2) is 18.9. The van der Waals surface area contributed by atoms with Gasteiger partial charge in [-0.25, -0.2) is 35.6 Å². The van der Waals surface area contributed by atoms with Crippen molar-refractivity contribution in [3.05, 3.63) is 151 Å². The first-order chi connectivity index (χ1) is 28.6. The lowest BCUT2D eigenvalue weighted by atomic mass is 10.0. The molecule has 8 rings (SSSR count). The van der Waals surface area contributed by atoms with Crippen molar-refractivity contribution in [2.45, 2.75) is 36.5 Å². The van der Waals surface area contributed by atoms with Crippen molar-refractivity contribution in [2.24, 2.45) is 0 Å². The third kappa shape index (κ3) is 10.9. The average molecular weight is 932 g/mol. The average Bonchev–Trinajstić information content (AvgIpc) is 3.88. The van der Waals surface area contributed by atoms with Gasteiger partial charge in [0, 0.05) is 86.0 Å². The zero-order chi connectivity index (χ0) is 42.6. The standard InChI is InChI=1S/C22H24FN3O2S2.C20H18Cl2FN3O2S2/c1-16-11-17(2)13-18(12-16)14-20-15-29-22(24-20)25-7-9-26(10-8-25)30(27,28)21-5-3-19(23)4-6-21;21-15-9-14(10-16(22)12-15)11-18-13-29-20(24-18)25-5-7-26(8-6-25)30(27,28)19-3-1-17(23)2-4-19/h3-6,11-13,15H,7-10,14H2,1-2H3;1-4,9-10,12-13H,5-8,11H2. The number of anilines is 2. The Morgan fingerprint density at radius 1 is 0.550 bits per heavy atom. The first kappa shape index (κ1) is 44.1. The predicted molar refractivity (Wildman–Crippen MR) is 237 cm³/mol. The van der Waals surface area contributed by atoms with Gasteiger partial charge in [0.1, 0.15) is 11.6 Å². The fraction of sp³-hybridized carbons (Fsp3) is 0.286. The van der Waals surface area contributed by atoms with E-state index in [0.29, 0.717) is 68.8 Å². The number of sulfonamides is 2. The molecule has 2 aromatic heterocycles. The molecule has 4 heterocycles. The lowest BCUT2D eigenvalue weighted by Gasteiger charge is -2.33.